The molecule has 4 unspecified atom stereocenters. The molecule has 0 aromatic heterocycles. The minimum atomic E-state index is -5.61. The van der Waals surface area contributed by atoms with Crippen LogP contribution in [-0.4, -0.2) is 173 Å². The average Bonchev–Trinajstić information content (AvgIpc) is 0.791. The van der Waals surface area contributed by atoms with E-state index in [4.69, 9.17) is 32.7 Å². The monoisotopic (exact) mass is 1430 g/mol. The highest BCUT2D eigenvalue weighted by atomic mass is 31.2. The molecule has 97 heavy (non-hydrogen) atoms. The molecular formula is C70H136N2O23P2. The van der Waals surface area contributed by atoms with Crippen LogP contribution in [0.2, 0.25) is 0 Å². The molecule has 2 fully saturated rings. The van der Waals surface area contributed by atoms with Crippen molar-refractivity contribution in [2.24, 2.45) is 0 Å². The summed E-state index contributed by atoms with van der Waals surface area (Å²) in [6.45, 7) is 10.6. The van der Waals surface area contributed by atoms with Crippen LogP contribution in [0.15, 0.2) is 0 Å². The van der Waals surface area contributed by atoms with Crippen molar-refractivity contribution >= 4 is 39.4 Å². The summed E-state index contributed by atoms with van der Waals surface area (Å²) in [5.74, 6) is -3.91. The molecule has 25 nitrogen and oxygen atoms in total. The molecule has 0 aromatic rings. The number of unbranched alkanes of at least 4 members (excludes halogenated alkanes) is 32. The first-order chi connectivity index (χ1) is 46.4. The van der Waals surface area contributed by atoms with Gasteiger partial charge in [0.25, 0.3) is 0 Å². The molecule has 2 saturated heterocycles. The summed E-state index contributed by atoms with van der Waals surface area (Å²) in [6, 6.07) is -3.66. The van der Waals surface area contributed by atoms with Crippen LogP contribution >= 0.6 is 15.6 Å². The van der Waals surface area contributed by atoms with Crippen LogP contribution < -0.4 is 10.6 Å². The molecule has 0 radical (unpaired) electrons. The van der Waals surface area contributed by atoms with Crippen molar-refractivity contribution < 1.29 is 111 Å². The molecule has 0 spiro atoms. The Morgan fingerprint density at radius 3 is 0.959 bits per heavy atom. The summed E-state index contributed by atoms with van der Waals surface area (Å²) >= 11 is 0. The van der Waals surface area contributed by atoms with Crippen molar-refractivity contribution in [1.29, 1.82) is 0 Å². The minimum Gasteiger partial charge on any atom is -0.457 e. The van der Waals surface area contributed by atoms with Crippen LogP contribution in [0.5, 0.6) is 0 Å². The van der Waals surface area contributed by atoms with Gasteiger partial charge in [-0.05, 0) is 25.7 Å². The Morgan fingerprint density at radius 1 is 0.392 bits per heavy atom. The number of phosphoric acid groups is 2. The highest BCUT2D eigenvalue weighted by molar-refractivity contribution is 7.46. The molecule has 12 N–H and O–H groups in total. The number of hydrogen-bond donors (Lipinski definition) is 12. The average molecular weight is 1440 g/mol. The Bertz CT molecular complexity index is 2080. The third-order valence-corrected chi connectivity index (χ3v) is 18.8. The lowest BCUT2D eigenvalue weighted by molar-refractivity contribution is -0.298. The van der Waals surface area contributed by atoms with Gasteiger partial charge >= 0.3 is 27.6 Å². The lowest BCUT2D eigenvalue weighted by atomic mass is 9.95. The van der Waals surface area contributed by atoms with E-state index in [2.05, 4.69) is 38.3 Å². The zero-order valence-electron chi connectivity index (χ0n) is 60.3. The summed E-state index contributed by atoms with van der Waals surface area (Å²) in [6.07, 6.45) is 14.3. The van der Waals surface area contributed by atoms with Crippen LogP contribution in [0.3, 0.4) is 0 Å². The normalized spacial score (nSPS) is 22.6. The summed E-state index contributed by atoms with van der Waals surface area (Å²) in [7, 11) is -10.9. The van der Waals surface area contributed by atoms with Crippen molar-refractivity contribution in [2.45, 2.75) is 410 Å². The standard InChI is InChI=1S/C68H130N2O23P2.C2H6/c1-5-9-13-17-21-25-29-33-37-41-51(71)45-57(75)69-61-65(91-59(77)47-53(73)43-39-35-31-27-23-19-15-11-7-3)64(80)56(50-88-94(81,82)83)89-67(61)87-49-55-63(79)66(92-60(78)48-54(74)44-40-36-32-28-24-20-16-12-8-4)62(68(90-55)93-95(84,85)86)70-58(76)46-52(72)42-38-34-30-26-22-18-14-10-6-2;1-2/h51-56,61-68,71-74,79-80H,5-50H2,1-4H3,(H,69,75)(H,70,76)(H2,81,82,83)(H2,84,85,86);1-2H3/t51?,52?,53?,54?,55-,56-,61-,62-,63-,64-,65-,66-,67-,68+;/m1./s1. The Balaban J connectivity index is 0.0000233. The van der Waals surface area contributed by atoms with Gasteiger partial charge in [0, 0.05) is 0 Å². The van der Waals surface area contributed by atoms with Crippen molar-refractivity contribution in [1.82, 2.24) is 10.6 Å². The molecule has 2 amide bonds. The second-order valence-electron chi connectivity index (χ2n) is 26.8. The quantitative estimate of drug-likeness (QED) is 0.0153. The van der Waals surface area contributed by atoms with Crippen LogP contribution in [-0.2, 0) is 61.0 Å². The molecular weight excluding hydrogens is 1300 g/mol. The molecule has 2 rings (SSSR count). The van der Waals surface area contributed by atoms with Crippen molar-refractivity contribution in [3.63, 3.8) is 0 Å². The number of ether oxygens (including phenoxy) is 5. The van der Waals surface area contributed by atoms with E-state index in [1.54, 1.807) is 0 Å². The maximum absolute atomic E-state index is 14.0. The lowest BCUT2D eigenvalue weighted by Crippen LogP contribution is -2.68. The number of rotatable bonds is 60. The molecule has 0 aromatic carbocycles. The van der Waals surface area contributed by atoms with Gasteiger partial charge in [-0.3, -0.25) is 28.2 Å². The predicted octanol–water partition coefficient (Wildman–Crippen LogP) is 11.9. The topological polar surface area (TPSA) is 393 Å². The van der Waals surface area contributed by atoms with Crippen molar-refractivity contribution in [2.75, 3.05) is 13.2 Å². The van der Waals surface area contributed by atoms with E-state index in [1.165, 1.54) is 51.4 Å². The molecule has 27 heteroatoms. The van der Waals surface area contributed by atoms with E-state index in [0.29, 0.717) is 25.7 Å². The Labute approximate surface area is 581 Å². The van der Waals surface area contributed by atoms with E-state index >= 15 is 0 Å². The van der Waals surface area contributed by atoms with Gasteiger partial charge in [0.15, 0.2) is 24.8 Å². The van der Waals surface area contributed by atoms with Gasteiger partial charge in [-0.15, -0.1) is 0 Å². The zero-order valence-corrected chi connectivity index (χ0v) is 62.1. The van der Waals surface area contributed by atoms with Crippen LogP contribution in [0.25, 0.3) is 0 Å². The highest BCUT2D eigenvalue weighted by Gasteiger charge is 2.53. The number of carbonyl (C=O) groups excluding carboxylic acids is 4. The Hall–Kier alpha value is -2.26. The third kappa shape index (κ3) is 46.9. The van der Waals surface area contributed by atoms with Crippen LogP contribution in [0.4, 0.5) is 0 Å². The first-order valence-electron chi connectivity index (χ1n) is 37.8. The molecule has 2 aliphatic rings. The van der Waals surface area contributed by atoms with Gasteiger partial charge in [-0.2, -0.15) is 0 Å². The van der Waals surface area contributed by atoms with Gasteiger partial charge in [0.2, 0.25) is 11.8 Å². The molecule has 0 saturated carbocycles. The van der Waals surface area contributed by atoms with E-state index in [1.807, 2.05) is 13.8 Å². The highest BCUT2D eigenvalue weighted by Crippen LogP contribution is 2.42. The predicted molar refractivity (Wildman–Crippen MR) is 371 cm³/mol. The largest absolute Gasteiger partial charge is 0.472 e. The third-order valence-electron chi connectivity index (χ3n) is 17.8. The van der Waals surface area contributed by atoms with Crippen molar-refractivity contribution in [3.05, 3.63) is 0 Å². The fourth-order valence-corrected chi connectivity index (χ4v) is 13.1. The van der Waals surface area contributed by atoms with Gasteiger partial charge < -0.3 is 84.5 Å². The lowest BCUT2D eigenvalue weighted by Gasteiger charge is -2.46. The molecule has 2 aliphatic heterocycles. The summed E-state index contributed by atoms with van der Waals surface area (Å²) < 4.78 is 64.3. The fraction of sp³-hybridized carbons (Fsp3) is 0.943. The Kier molecular flexibility index (Phi) is 54.7. The van der Waals surface area contributed by atoms with E-state index in [0.717, 1.165) is 154 Å². The van der Waals surface area contributed by atoms with Crippen LogP contribution in [0, 0.1) is 0 Å². The molecule has 0 aliphatic carbocycles. The molecule has 2 heterocycles. The fourth-order valence-electron chi connectivity index (χ4n) is 12.3. The van der Waals surface area contributed by atoms with Crippen molar-refractivity contribution in [3.8, 4) is 0 Å². The smallest absolute Gasteiger partial charge is 0.457 e. The maximum atomic E-state index is 14.0. The SMILES string of the molecule is CC.CCCCCCCCCCCC(O)CC(=O)N[C@H]1[C@H](OC[C@H]2O[C@@H](OP(=O)(O)O)[C@H](NC(=O)CC(O)CCCCCCCCCCC)[C@@H](OC(=O)CC(O)CCCCCCCCCCC)[C@@H]2O)O[C@H](COP(=O)(O)O)[C@@H](O)[C@@H]1OC(=O)CC(O)CCCCCCCCCCC. The second-order valence-corrected chi connectivity index (χ2v) is 29.2. The van der Waals surface area contributed by atoms with Gasteiger partial charge in [0.1, 0.15) is 36.5 Å². The number of hydrogen-bond acceptors (Lipinski definition) is 19. The van der Waals surface area contributed by atoms with Crippen LogP contribution in [0.1, 0.15) is 324 Å². The Morgan fingerprint density at radius 2 is 0.660 bits per heavy atom. The summed E-state index contributed by atoms with van der Waals surface area (Å²) in [5, 5.41) is 73.3. The van der Waals surface area contributed by atoms with E-state index in [9.17, 15) is 78.5 Å². The number of aliphatic hydroxyl groups excluding tert-OH is 6. The van der Waals surface area contributed by atoms with Gasteiger partial charge in [0.05, 0.1) is 63.3 Å². The summed E-state index contributed by atoms with van der Waals surface area (Å²) in [5.41, 5.74) is 0. The first kappa shape index (κ1) is 92.8. The van der Waals surface area contributed by atoms with E-state index < -0.39 is 164 Å². The minimum absolute atomic E-state index is 0.210. The summed E-state index contributed by atoms with van der Waals surface area (Å²) in [4.78, 5) is 95.4. The number of aliphatic hydroxyl groups is 6. The zero-order chi connectivity index (χ0) is 72.3. The van der Waals surface area contributed by atoms with E-state index in [-0.39, 0.29) is 25.7 Å². The molecule has 14 atom stereocenters. The maximum Gasteiger partial charge on any atom is 0.472 e. The van der Waals surface area contributed by atoms with Gasteiger partial charge in [-0.1, -0.05) is 273 Å². The first-order valence-corrected chi connectivity index (χ1v) is 40.9. The number of phosphoric ester groups is 2. The number of amides is 2. The number of esters is 2. The van der Waals surface area contributed by atoms with Gasteiger partial charge in [-0.25, -0.2) is 9.13 Å². The molecule has 0 bridgehead atoms. The molecule has 574 valence electrons. The number of carbonyl (C=O) groups is 4. The second kappa shape index (κ2) is 57.2. The number of nitrogens with one attached hydrogen (secondary N) is 2.